The second-order valence-corrected chi connectivity index (χ2v) is 9.31. The molecule has 4 bridgehead atoms. The molecule has 3 nitrogen and oxygen atoms in total. The van der Waals surface area contributed by atoms with Crippen LogP contribution >= 0.6 is 0 Å². The smallest absolute Gasteiger partial charge is 0.309 e. The summed E-state index contributed by atoms with van der Waals surface area (Å²) < 4.78 is 5.88. The van der Waals surface area contributed by atoms with Gasteiger partial charge in [-0.25, -0.2) is 0 Å². The molecule has 128 valence electrons. The lowest BCUT2D eigenvalue weighted by molar-refractivity contribution is -0.163. The average Bonchev–Trinajstić information content (AvgIpc) is 3.30. The fraction of sp³-hybridized carbons (Fsp3) is 0.950. The Morgan fingerprint density at radius 3 is 2.39 bits per heavy atom. The molecule has 0 saturated heterocycles. The first-order chi connectivity index (χ1) is 11.1. The largest absolute Gasteiger partial charge is 0.459 e. The van der Waals surface area contributed by atoms with Crippen LogP contribution < -0.4 is 0 Å². The molecule has 11 unspecified atom stereocenters. The molecule has 0 radical (unpaired) electrons. The van der Waals surface area contributed by atoms with Crippen LogP contribution in [0, 0.1) is 53.3 Å². The van der Waals surface area contributed by atoms with Gasteiger partial charge in [-0.1, -0.05) is 13.8 Å². The van der Waals surface area contributed by atoms with Gasteiger partial charge in [-0.3, -0.25) is 4.79 Å². The summed E-state index contributed by atoms with van der Waals surface area (Å²) in [7, 11) is 0. The summed E-state index contributed by atoms with van der Waals surface area (Å²) >= 11 is 0. The Morgan fingerprint density at radius 2 is 1.70 bits per heavy atom. The van der Waals surface area contributed by atoms with Gasteiger partial charge in [0.1, 0.15) is 6.10 Å². The van der Waals surface area contributed by atoms with Crippen molar-refractivity contribution < 1.29 is 14.6 Å². The van der Waals surface area contributed by atoms with Crippen molar-refractivity contribution in [3.05, 3.63) is 0 Å². The SMILES string of the molecule is CCC(C)C(=O)OC1C(O)CC2C3CC(C21)C1C2CCC(C2)C31. The molecule has 5 rings (SSSR count). The number of hydrogen-bond donors (Lipinski definition) is 1. The number of ether oxygens (including phenoxy) is 1. The topological polar surface area (TPSA) is 46.5 Å². The molecule has 5 saturated carbocycles. The number of rotatable bonds is 3. The zero-order chi connectivity index (χ0) is 15.9. The molecule has 1 N–H and O–H groups in total. The van der Waals surface area contributed by atoms with E-state index in [9.17, 15) is 9.90 Å². The van der Waals surface area contributed by atoms with Crippen LogP contribution in [0.1, 0.15) is 52.4 Å². The van der Waals surface area contributed by atoms with Gasteiger partial charge in [0.25, 0.3) is 0 Å². The second-order valence-electron chi connectivity index (χ2n) is 9.31. The number of aliphatic hydroxyl groups is 1. The number of aliphatic hydroxyl groups excluding tert-OH is 1. The fourth-order valence-electron chi connectivity index (χ4n) is 7.82. The zero-order valence-corrected chi connectivity index (χ0v) is 14.4. The van der Waals surface area contributed by atoms with E-state index < -0.39 is 6.10 Å². The molecule has 0 aliphatic heterocycles. The van der Waals surface area contributed by atoms with Crippen LogP contribution in [0.25, 0.3) is 0 Å². The van der Waals surface area contributed by atoms with Crippen molar-refractivity contribution in [2.45, 2.75) is 64.6 Å². The number of carbonyl (C=O) groups excluding carboxylic acids is 1. The summed E-state index contributed by atoms with van der Waals surface area (Å²) in [4.78, 5) is 12.3. The monoisotopic (exact) mass is 318 g/mol. The van der Waals surface area contributed by atoms with E-state index in [0.29, 0.717) is 11.8 Å². The highest BCUT2D eigenvalue weighted by Crippen LogP contribution is 2.72. The van der Waals surface area contributed by atoms with E-state index in [-0.39, 0.29) is 18.0 Å². The van der Waals surface area contributed by atoms with Gasteiger partial charge in [-0.15, -0.1) is 0 Å². The summed E-state index contributed by atoms with van der Waals surface area (Å²) in [6.07, 6.45) is 6.80. The average molecular weight is 318 g/mol. The van der Waals surface area contributed by atoms with Crippen molar-refractivity contribution in [2.75, 3.05) is 0 Å². The van der Waals surface area contributed by atoms with E-state index in [0.717, 1.165) is 48.3 Å². The first-order valence-corrected chi connectivity index (χ1v) is 9.98. The van der Waals surface area contributed by atoms with Gasteiger partial charge in [-0.05, 0) is 80.0 Å². The van der Waals surface area contributed by atoms with Crippen molar-refractivity contribution in [2.24, 2.45) is 53.3 Å². The number of hydrogen-bond acceptors (Lipinski definition) is 3. The van der Waals surface area contributed by atoms with Crippen LogP contribution in [0.4, 0.5) is 0 Å². The molecule has 0 spiro atoms. The summed E-state index contributed by atoms with van der Waals surface area (Å²) in [6, 6.07) is 0. The lowest BCUT2D eigenvalue weighted by Crippen LogP contribution is -2.42. The summed E-state index contributed by atoms with van der Waals surface area (Å²) in [5.41, 5.74) is 0. The van der Waals surface area contributed by atoms with Gasteiger partial charge in [-0.2, -0.15) is 0 Å². The van der Waals surface area contributed by atoms with Gasteiger partial charge >= 0.3 is 5.97 Å². The van der Waals surface area contributed by atoms with E-state index in [1.807, 2.05) is 13.8 Å². The van der Waals surface area contributed by atoms with E-state index in [2.05, 4.69) is 0 Å². The van der Waals surface area contributed by atoms with E-state index in [1.165, 1.54) is 25.7 Å². The van der Waals surface area contributed by atoms with Crippen LogP contribution in [0.3, 0.4) is 0 Å². The Bertz CT molecular complexity index is 517. The van der Waals surface area contributed by atoms with Gasteiger partial charge in [0, 0.05) is 5.92 Å². The van der Waals surface area contributed by atoms with E-state index >= 15 is 0 Å². The molecule has 0 aromatic heterocycles. The molecular weight excluding hydrogens is 288 g/mol. The maximum Gasteiger partial charge on any atom is 0.309 e. The molecule has 23 heavy (non-hydrogen) atoms. The minimum atomic E-state index is -0.417. The predicted molar refractivity (Wildman–Crippen MR) is 86.3 cm³/mol. The summed E-state index contributed by atoms with van der Waals surface area (Å²) in [5.74, 6) is 6.30. The highest BCUT2D eigenvalue weighted by Gasteiger charge is 2.69. The second kappa shape index (κ2) is 4.97. The van der Waals surface area contributed by atoms with E-state index in [4.69, 9.17) is 4.74 Å². The Kier molecular flexibility index (Phi) is 3.19. The maximum absolute atomic E-state index is 12.3. The quantitative estimate of drug-likeness (QED) is 0.642. The van der Waals surface area contributed by atoms with Crippen LogP contribution in [-0.2, 0) is 9.53 Å². The Morgan fingerprint density at radius 1 is 1.04 bits per heavy atom. The molecule has 0 aromatic rings. The molecule has 11 atom stereocenters. The third-order valence-electron chi connectivity index (χ3n) is 8.66. The standard InChI is InChI=1S/C20H30O3/c1-3-9(2)20(22)23-19-15(21)8-13-12-7-14(18(13)19)17-11-5-4-10(6-11)16(12)17/h9-19,21H,3-8H2,1-2H3. The Hall–Kier alpha value is -0.570. The lowest BCUT2D eigenvalue weighted by Gasteiger charge is -2.42. The first kappa shape index (κ1) is 14.7. The van der Waals surface area contributed by atoms with Crippen LogP contribution in [-0.4, -0.2) is 23.3 Å². The number of fused-ring (bicyclic) bond motifs is 12. The molecule has 5 aliphatic carbocycles. The van der Waals surface area contributed by atoms with E-state index in [1.54, 1.807) is 0 Å². The van der Waals surface area contributed by atoms with Crippen molar-refractivity contribution in [1.82, 2.24) is 0 Å². The maximum atomic E-state index is 12.3. The number of carbonyl (C=O) groups is 1. The minimum absolute atomic E-state index is 0.0462. The highest BCUT2D eigenvalue weighted by molar-refractivity contribution is 5.72. The third-order valence-corrected chi connectivity index (χ3v) is 8.66. The molecule has 0 amide bonds. The van der Waals surface area contributed by atoms with Gasteiger partial charge in [0.15, 0.2) is 0 Å². The Labute approximate surface area is 139 Å². The van der Waals surface area contributed by atoms with Crippen LogP contribution in [0.2, 0.25) is 0 Å². The van der Waals surface area contributed by atoms with Gasteiger partial charge in [0.2, 0.25) is 0 Å². The van der Waals surface area contributed by atoms with Crippen molar-refractivity contribution >= 4 is 5.97 Å². The Balaban J connectivity index is 1.39. The minimum Gasteiger partial charge on any atom is -0.459 e. The molecule has 0 heterocycles. The van der Waals surface area contributed by atoms with Crippen molar-refractivity contribution in [3.8, 4) is 0 Å². The summed E-state index contributed by atoms with van der Waals surface area (Å²) in [5, 5.41) is 10.6. The number of esters is 1. The zero-order valence-electron chi connectivity index (χ0n) is 14.4. The predicted octanol–water partition coefficient (Wildman–Crippen LogP) is 3.25. The fourth-order valence-corrected chi connectivity index (χ4v) is 7.82. The molecule has 3 heteroatoms. The van der Waals surface area contributed by atoms with Crippen LogP contribution in [0.15, 0.2) is 0 Å². The van der Waals surface area contributed by atoms with Crippen molar-refractivity contribution in [1.29, 1.82) is 0 Å². The molecule has 0 aromatic carbocycles. The third kappa shape index (κ3) is 1.83. The molecule has 5 fully saturated rings. The van der Waals surface area contributed by atoms with Gasteiger partial charge < -0.3 is 9.84 Å². The molecular formula is C20H30O3. The molecule has 5 aliphatic rings. The van der Waals surface area contributed by atoms with Gasteiger partial charge in [0.05, 0.1) is 12.0 Å². The highest BCUT2D eigenvalue weighted by atomic mass is 16.6. The first-order valence-electron chi connectivity index (χ1n) is 9.98. The van der Waals surface area contributed by atoms with Crippen LogP contribution in [0.5, 0.6) is 0 Å². The summed E-state index contributed by atoms with van der Waals surface area (Å²) in [6.45, 7) is 3.96. The normalized spacial score (nSPS) is 56.7. The lowest BCUT2D eigenvalue weighted by atomic mass is 9.64. The van der Waals surface area contributed by atoms with Crippen molar-refractivity contribution in [3.63, 3.8) is 0 Å².